The highest BCUT2D eigenvalue weighted by Crippen LogP contribution is 2.13. The molecule has 0 radical (unpaired) electrons. The van der Waals surface area contributed by atoms with E-state index >= 15 is 0 Å². The summed E-state index contributed by atoms with van der Waals surface area (Å²) < 4.78 is 24.1. The van der Waals surface area contributed by atoms with Crippen molar-refractivity contribution >= 4 is 21.4 Å². The number of sulfone groups is 1. The van der Waals surface area contributed by atoms with E-state index in [-0.39, 0.29) is 23.1 Å². The van der Waals surface area contributed by atoms with Gasteiger partial charge in [-0.3, -0.25) is 9.59 Å². The van der Waals surface area contributed by atoms with Crippen LogP contribution in [0.5, 0.6) is 0 Å². The molecular weight excluding hydrogens is 396 g/mol. The molecule has 0 aliphatic heterocycles. The van der Waals surface area contributed by atoms with Crippen molar-refractivity contribution in [1.29, 1.82) is 0 Å². The molecule has 0 rings (SSSR count). The van der Waals surface area contributed by atoms with Crippen LogP contribution >= 0.6 is 0 Å². The van der Waals surface area contributed by atoms with Crippen LogP contribution < -0.4 is 0 Å². The number of carbonyl (C=O) groups excluding carboxylic acids is 2. The summed E-state index contributed by atoms with van der Waals surface area (Å²) in [7, 11) is -3.29. The van der Waals surface area contributed by atoms with Crippen molar-refractivity contribution in [2.75, 3.05) is 11.5 Å². The highest BCUT2D eigenvalue weighted by molar-refractivity contribution is 7.92. The zero-order valence-corrected chi connectivity index (χ0v) is 20.7. The second-order valence-corrected chi connectivity index (χ2v) is 11.0. The molecule has 0 heterocycles. The average Bonchev–Trinajstić information content (AvgIpc) is 2.70. The minimum atomic E-state index is -3.29. The van der Waals surface area contributed by atoms with Gasteiger partial charge in [-0.1, -0.05) is 97.3 Å². The lowest BCUT2D eigenvalue weighted by Crippen LogP contribution is -2.18. The van der Waals surface area contributed by atoms with Crippen LogP contribution in [0.25, 0.3) is 0 Å². The fraction of sp³-hybridized carbons (Fsp3) is 0.920. The fourth-order valence-corrected chi connectivity index (χ4v) is 5.15. The number of Topliss-reactive ketones (excluding diaryl/α,β-unsaturated/α-hetero) is 2. The van der Waals surface area contributed by atoms with Crippen LogP contribution in [-0.4, -0.2) is 31.5 Å². The minimum Gasteiger partial charge on any atom is -0.300 e. The lowest BCUT2D eigenvalue weighted by atomic mass is 10.0. The van der Waals surface area contributed by atoms with Crippen molar-refractivity contribution in [2.24, 2.45) is 0 Å². The van der Waals surface area contributed by atoms with E-state index in [0.29, 0.717) is 25.7 Å². The van der Waals surface area contributed by atoms with E-state index < -0.39 is 9.84 Å². The van der Waals surface area contributed by atoms with Gasteiger partial charge in [0, 0.05) is 19.3 Å². The topological polar surface area (TPSA) is 68.3 Å². The van der Waals surface area contributed by atoms with Gasteiger partial charge in [0.1, 0.15) is 17.3 Å². The highest BCUT2D eigenvalue weighted by atomic mass is 32.2. The van der Waals surface area contributed by atoms with Crippen molar-refractivity contribution < 1.29 is 18.0 Å². The molecule has 0 aliphatic rings. The monoisotopic (exact) mass is 444 g/mol. The normalized spacial score (nSPS) is 11.7. The van der Waals surface area contributed by atoms with Gasteiger partial charge in [-0.15, -0.1) is 0 Å². The van der Waals surface area contributed by atoms with Gasteiger partial charge in [-0.25, -0.2) is 8.42 Å². The summed E-state index contributed by atoms with van der Waals surface area (Å²) in [5.41, 5.74) is 0. The minimum absolute atomic E-state index is 0.0671. The van der Waals surface area contributed by atoms with E-state index in [9.17, 15) is 18.0 Å². The third-order valence-corrected chi connectivity index (χ3v) is 7.42. The molecule has 0 aliphatic carbocycles. The summed E-state index contributed by atoms with van der Waals surface area (Å²) in [5.74, 6) is -0.151. The lowest BCUT2D eigenvalue weighted by Gasteiger charge is -2.05. The van der Waals surface area contributed by atoms with E-state index in [1.165, 1.54) is 64.2 Å². The number of ketones is 2. The number of rotatable bonds is 23. The van der Waals surface area contributed by atoms with Crippen LogP contribution in [0.2, 0.25) is 0 Å². The third-order valence-electron chi connectivity index (χ3n) is 5.75. The largest absolute Gasteiger partial charge is 0.300 e. The molecule has 4 nitrogen and oxygen atoms in total. The Balaban J connectivity index is 3.51. The molecule has 0 N–H and O–H groups in total. The van der Waals surface area contributed by atoms with E-state index in [0.717, 1.165) is 32.1 Å². The Morgan fingerprint density at radius 2 is 0.933 bits per heavy atom. The van der Waals surface area contributed by atoms with Crippen LogP contribution in [0.15, 0.2) is 0 Å². The first-order valence-electron chi connectivity index (χ1n) is 12.6. The number of hydrogen-bond acceptors (Lipinski definition) is 4. The molecule has 0 aromatic rings. The molecule has 0 fully saturated rings. The number of unbranched alkanes of at least 4 members (excludes halogenated alkanes) is 14. The van der Waals surface area contributed by atoms with E-state index in [2.05, 4.69) is 6.92 Å². The summed E-state index contributed by atoms with van der Waals surface area (Å²) in [5, 5.41) is 0. The summed E-state index contributed by atoms with van der Waals surface area (Å²) >= 11 is 0. The smallest absolute Gasteiger partial charge is 0.157 e. The summed E-state index contributed by atoms with van der Waals surface area (Å²) in [6.45, 7) is 4.09. The van der Waals surface area contributed by atoms with E-state index in [4.69, 9.17) is 0 Å². The van der Waals surface area contributed by atoms with Crippen molar-refractivity contribution in [3.8, 4) is 0 Å². The van der Waals surface area contributed by atoms with Crippen molar-refractivity contribution in [3.05, 3.63) is 0 Å². The zero-order chi connectivity index (χ0) is 22.5. The molecule has 0 spiro atoms. The van der Waals surface area contributed by atoms with Crippen LogP contribution in [0, 0.1) is 0 Å². The predicted octanol–water partition coefficient (Wildman–Crippen LogP) is 6.99. The maximum absolute atomic E-state index is 12.0. The molecule has 0 amide bonds. The first-order valence-corrected chi connectivity index (χ1v) is 14.5. The summed E-state index contributed by atoms with van der Waals surface area (Å²) in [4.78, 5) is 23.2. The Bertz CT molecular complexity index is 525. The zero-order valence-electron chi connectivity index (χ0n) is 19.9. The maximum Gasteiger partial charge on any atom is 0.157 e. The maximum atomic E-state index is 12.0. The second-order valence-electron chi connectivity index (χ2n) is 8.83. The molecule has 30 heavy (non-hydrogen) atoms. The van der Waals surface area contributed by atoms with Gasteiger partial charge in [-0.2, -0.15) is 0 Å². The molecule has 0 atom stereocenters. The molecule has 0 unspecified atom stereocenters. The average molecular weight is 445 g/mol. The van der Waals surface area contributed by atoms with Gasteiger partial charge in [0.15, 0.2) is 9.84 Å². The molecule has 178 valence electrons. The first kappa shape index (κ1) is 29.3. The van der Waals surface area contributed by atoms with Crippen LogP contribution in [0.1, 0.15) is 136 Å². The van der Waals surface area contributed by atoms with Gasteiger partial charge >= 0.3 is 0 Å². The Labute approximate surface area is 186 Å². The predicted molar refractivity (Wildman–Crippen MR) is 128 cm³/mol. The van der Waals surface area contributed by atoms with Crippen LogP contribution in [0.4, 0.5) is 0 Å². The highest BCUT2D eigenvalue weighted by Gasteiger charge is 2.16. The van der Waals surface area contributed by atoms with Crippen molar-refractivity contribution in [2.45, 2.75) is 136 Å². The standard InChI is InChI=1S/C25H48O4S/c1-3-5-6-7-8-9-10-11-12-13-14-15-17-21-25(27)23-30(28,29)22-19-16-18-20-24(26)4-2/h3-23H2,1-2H3. The van der Waals surface area contributed by atoms with Crippen molar-refractivity contribution in [3.63, 3.8) is 0 Å². The SMILES string of the molecule is CCCCCCCCCCCCCCCC(=O)CS(=O)(=O)CCCCCC(=O)CC. The Hall–Kier alpha value is -0.710. The molecule has 0 saturated heterocycles. The number of carbonyl (C=O) groups is 2. The third kappa shape index (κ3) is 20.6. The van der Waals surface area contributed by atoms with Crippen molar-refractivity contribution in [1.82, 2.24) is 0 Å². The Kier molecular flexibility index (Phi) is 19.7. The Morgan fingerprint density at radius 1 is 0.533 bits per heavy atom. The fourth-order valence-electron chi connectivity index (χ4n) is 3.73. The second kappa shape index (κ2) is 20.2. The lowest BCUT2D eigenvalue weighted by molar-refractivity contribution is -0.119. The van der Waals surface area contributed by atoms with E-state index in [1.54, 1.807) is 0 Å². The molecule has 5 heteroatoms. The van der Waals surface area contributed by atoms with Gasteiger partial charge in [0.05, 0.1) is 5.75 Å². The van der Waals surface area contributed by atoms with Gasteiger partial charge in [0.2, 0.25) is 0 Å². The van der Waals surface area contributed by atoms with Crippen LogP contribution in [0.3, 0.4) is 0 Å². The molecule has 0 aromatic carbocycles. The van der Waals surface area contributed by atoms with E-state index in [1.807, 2.05) is 6.92 Å². The first-order chi connectivity index (χ1) is 14.4. The van der Waals surface area contributed by atoms with Gasteiger partial charge in [0.25, 0.3) is 0 Å². The van der Waals surface area contributed by atoms with Gasteiger partial charge < -0.3 is 0 Å². The quantitative estimate of drug-likeness (QED) is 0.159. The Morgan fingerprint density at radius 3 is 1.40 bits per heavy atom. The van der Waals surface area contributed by atoms with Crippen LogP contribution in [-0.2, 0) is 19.4 Å². The molecule has 0 saturated carbocycles. The summed E-state index contributed by atoms with van der Waals surface area (Å²) in [6, 6.07) is 0. The molecule has 0 aromatic heterocycles. The van der Waals surface area contributed by atoms with Gasteiger partial charge in [-0.05, 0) is 19.3 Å². The molecule has 0 bridgehead atoms. The summed E-state index contributed by atoms with van der Waals surface area (Å²) in [6.07, 6.45) is 19.8. The molecular formula is C25H48O4S. The number of hydrogen-bond donors (Lipinski definition) is 0.